The molecule has 6 nitrogen and oxygen atoms in total. The van der Waals surface area contributed by atoms with Crippen molar-refractivity contribution in [1.82, 2.24) is 9.88 Å². The molecule has 1 aromatic rings. The molecule has 0 saturated carbocycles. The SMILES string of the molecule is COC(=O)CN(C(=O)c1ccc(C(N)=S)cn1)C(C)C. The highest BCUT2D eigenvalue weighted by atomic mass is 32.1. The Balaban J connectivity index is 2.94. The maximum absolute atomic E-state index is 12.3. The van der Waals surface area contributed by atoms with Gasteiger partial charge in [0, 0.05) is 17.8 Å². The highest BCUT2D eigenvalue weighted by molar-refractivity contribution is 7.80. The minimum atomic E-state index is -0.480. The fourth-order valence-electron chi connectivity index (χ4n) is 1.51. The maximum atomic E-state index is 12.3. The standard InChI is InChI=1S/C13H17N3O3S/c1-8(2)16(7-11(17)19-3)13(18)10-5-4-9(6-15-10)12(14)20/h4-6,8H,7H2,1-3H3,(H2,14,20). The Morgan fingerprint density at radius 1 is 1.45 bits per heavy atom. The van der Waals surface area contributed by atoms with Crippen molar-refractivity contribution in [2.75, 3.05) is 13.7 Å². The molecule has 0 fully saturated rings. The second kappa shape index (κ2) is 6.95. The van der Waals surface area contributed by atoms with E-state index < -0.39 is 5.97 Å². The van der Waals surface area contributed by atoms with Crippen LogP contribution in [0.3, 0.4) is 0 Å². The number of methoxy groups -OCH3 is 1. The molecule has 2 N–H and O–H groups in total. The number of nitrogens with zero attached hydrogens (tertiary/aromatic N) is 2. The number of thiocarbonyl (C=S) groups is 1. The van der Waals surface area contributed by atoms with Gasteiger partial charge in [-0.2, -0.15) is 0 Å². The topological polar surface area (TPSA) is 85.5 Å². The van der Waals surface area contributed by atoms with Crippen LogP contribution in [0.25, 0.3) is 0 Å². The Morgan fingerprint density at radius 2 is 2.10 bits per heavy atom. The molecule has 0 unspecified atom stereocenters. The summed E-state index contributed by atoms with van der Waals surface area (Å²) in [5, 5.41) is 0. The van der Waals surface area contributed by atoms with Gasteiger partial charge in [-0.05, 0) is 26.0 Å². The molecule has 0 spiro atoms. The molecule has 1 aromatic heterocycles. The van der Waals surface area contributed by atoms with Crippen molar-refractivity contribution in [2.45, 2.75) is 19.9 Å². The zero-order chi connectivity index (χ0) is 15.3. The van der Waals surface area contributed by atoms with Crippen molar-refractivity contribution in [3.63, 3.8) is 0 Å². The first-order valence-corrected chi connectivity index (χ1v) is 6.41. The zero-order valence-electron chi connectivity index (χ0n) is 11.6. The molecule has 1 heterocycles. The van der Waals surface area contributed by atoms with Crippen LogP contribution in [0.1, 0.15) is 29.9 Å². The van der Waals surface area contributed by atoms with Gasteiger partial charge in [0.25, 0.3) is 5.91 Å². The average Bonchev–Trinajstić information content (AvgIpc) is 2.43. The molecule has 1 amide bonds. The molecule has 0 aromatic carbocycles. The Bertz CT molecular complexity index is 514. The van der Waals surface area contributed by atoms with Gasteiger partial charge in [0.15, 0.2) is 0 Å². The van der Waals surface area contributed by atoms with Gasteiger partial charge in [0.05, 0.1) is 7.11 Å². The van der Waals surface area contributed by atoms with Gasteiger partial charge in [-0.3, -0.25) is 14.6 Å². The summed E-state index contributed by atoms with van der Waals surface area (Å²) in [4.78, 5) is 29.3. The number of nitrogens with two attached hydrogens (primary N) is 1. The second-order valence-electron chi connectivity index (χ2n) is 4.40. The smallest absolute Gasteiger partial charge is 0.325 e. The van der Waals surface area contributed by atoms with Gasteiger partial charge < -0.3 is 15.4 Å². The van der Waals surface area contributed by atoms with E-state index in [1.165, 1.54) is 24.3 Å². The van der Waals surface area contributed by atoms with E-state index >= 15 is 0 Å². The van der Waals surface area contributed by atoms with Crippen molar-refractivity contribution in [1.29, 1.82) is 0 Å². The van der Waals surface area contributed by atoms with Gasteiger partial charge in [0.1, 0.15) is 17.2 Å². The van der Waals surface area contributed by atoms with Crippen LogP contribution in [0.5, 0.6) is 0 Å². The van der Waals surface area contributed by atoms with E-state index in [1.54, 1.807) is 6.07 Å². The third-order valence-electron chi connectivity index (χ3n) is 2.68. The fraction of sp³-hybridized carbons (Fsp3) is 0.385. The van der Waals surface area contributed by atoms with Crippen LogP contribution in [0.2, 0.25) is 0 Å². The highest BCUT2D eigenvalue weighted by Gasteiger charge is 2.22. The van der Waals surface area contributed by atoms with Gasteiger partial charge in [0.2, 0.25) is 0 Å². The number of aromatic nitrogens is 1. The van der Waals surface area contributed by atoms with Crippen molar-refractivity contribution >= 4 is 29.1 Å². The normalized spacial score (nSPS) is 10.2. The number of carbonyl (C=O) groups is 2. The first-order valence-electron chi connectivity index (χ1n) is 6.00. The van der Waals surface area contributed by atoms with Gasteiger partial charge >= 0.3 is 5.97 Å². The average molecular weight is 295 g/mol. The maximum Gasteiger partial charge on any atom is 0.325 e. The lowest BCUT2D eigenvalue weighted by Crippen LogP contribution is -2.41. The Hall–Kier alpha value is -2.02. The zero-order valence-corrected chi connectivity index (χ0v) is 12.4. The van der Waals surface area contributed by atoms with Crippen molar-refractivity contribution in [3.8, 4) is 0 Å². The van der Waals surface area contributed by atoms with Crippen LogP contribution in [0.15, 0.2) is 18.3 Å². The molecule has 0 aliphatic rings. The van der Waals surface area contributed by atoms with Gasteiger partial charge in [-0.15, -0.1) is 0 Å². The third-order valence-corrected chi connectivity index (χ3v) is 2.91. The Labute approximate surface area is 122 Å². The van der Waals surface area contributed by atoms with E-state index in [0.717, 1.165) is 0 Å². The number of rotatable bonds is 5. The molecule has 0 atom stereocenters. The summed E-state index contributed by atoms with van der Waals surface area (Å²) in [7, 11) is 1.28. The van der Waals surface area contributed by atoms with Crippen molar-refractivity contribution in [2.24, 2.45) is 5.73 Å². The van der Waals surface area contributed by atoms with E-state index in [9.17, 15) is 9.59 Å². The first-order chi connectivity index (χ1) is 9.36. The van der Waals surface area contributed by atoms with E-state index in [2.05, 4.69) is 9.72 Å². The number of carbonyl (C=O) groups excluding carboxylic acids is 2. The van der Waals surface area contributed by atoms with E-state index in [-0.39, 0.29) is 29.2 Å². The van der Waals surface area contributed by atoms with Crippen molar-refractivity contribution < 1.29 is 14.3 Å². The summed E-state index contributed by atoms with van der Waals surface area (Å²) >= 11 is 4.82. The van der Waals surface area contributed by atoms with Gasteiger partial charge in [-0.1, -0.05) is 12.2 Å². The highest BCUT2D eigenvalue weighted by Crippen LogP contribution is 2.08. The van der Waals surface area contributed by atoms with Crippen LogP contribution in [0.4, 0.5) is 0 Å². The molecule has 20 heavy (non-hydrogen) atoms. The monoisotopic (exact) mass is 295 g/mol. The molecular formula is C13H17N3O3S. The number of esters is 1. The quantitative estimate of drug-likeness (QED) is 0.637. The lowest BCUT2D eigenvalue weighted by atomic mass is 10.2. The van der Waals surface area contributed by atoms with E-state index in [4.69, 9.17) is 18.0 Å². The van der Waals surface area contributed by atoms with E-state index in [0.29, 0.717) is 5.56 Å². The number of hydrogen-bond acceptors (Lipinski definition) is 5. The first kappa shape index (κ1) is 16.0. The van der Waals surface area contributed by atoms with Crippen LogP contribution in [-0.2, 0) is 9.53 Å². The largest absolute Gasteiger partial charge is 0.468 e. The molecule has 0 aliphatic heterocycles. The fourth-order valence-corrected chi connectivity index (χ4v) is 1.63. The van der Waals surface area contributed by atoms with Crippen molar-refractivity contribution in [3.05, 3.63) is 29.6 Å². The van der Waals surface area contributed by atoms with Crippen LogP contribution < -0.4 is 5.73 Å². The molecular weight excluding hydrogens is 278 g/mol. The number of amides is 1. The minimum absolute atomic E-state index is 0.119. The Morgan fingerprint density at radius 3 is 2.50 bits per heavy atom. The van der Waals surface area contributed by atoms with Crippen LogP contribution >= 0.6 is 12.2 Å². The molecule has 1 rings (SSSR count). The number of ether oxygens (including phenoxy) is 1. The van der Waals surface area contributed by atoms with E-state index in [1.807, 2.05) is 13.8 Å². The summed E-state index contributed by atoms with van der Waals surface area (Å²) in [5.74, 6) is -0.827. The number of pyridine rings is 1. The molecule has 0 saturated heterocycles. The van der Waals surface area contributed by atoms with Crippen LogP contribution in [-0.4, -0.2) is 46.4 Å². The molecule has 108 valence electrons. The van der Waals surface area contributed by atoms with Crippen LogP contribution in [0, 0.1) is 0 Å². The molecule has 7 heteroatoms. The molecule has 0 bridgehead atoms. The summed E-state index contributed by atoms with van der Waals surface area (Å²) in [6.07, 6.45) is 1.44. The predicted molar refractivity (Wildman–Crippen MR) is 78.3 cm³/mol. The van der Waals surface area contributed by atoms with Gasteiger partial charge in [-0.25, -0.2) is 0 Å². The predicted octanol–water partition coefficient (Wildman–Crippen LogP) is 0.739. The summed E-state index contributed by atoms with van der Waals surface area (Å²) < 4.78 is 4.58. The minimum Gasteiger partial charge on any atom is -0.468 e. The lowest BCUT2D eigenvalue weighted by Gasteiger charge is -2.25. The summed E-state index contributed by atoms with van der Waals surface area (Å²) in [5.41, 5.74) is 6.28. The summed E-state index contributed by atoms with van der Waals surface area (Å²) in [6, 6.07) is 3.00. The molecule has 0 aliphatic carbocycles. The number of hydrogen-bond donors (Lipinski definition) is 1. The third kappa shape index (κ3) is 3.99. The molecule has 0 radical (unpaired) electrons. The Kier molecular flexibility index (Phi) is 5.57. The second-order valence-corrected chi connectivity index (χ2v) is 4.84. The lowest BCUT2D eigenvalue weighted by molar-refractivity contribution is -0.141. The summed E-state index contributed by atoms with van der Waals surface area (Å²) in [6.45, 7) is 3.50.